The van der Waals surface area contributed by atoms with E-state index >= 15 is 0 Å². The van der Waals surface area contributed by atoms with E-state index in [4.69, 9.17) is 0 Å². The zero-order valence-electron chi connectivity index (χ0n) is 16.5. The van der Waals surface area contributed by atoms with Gasteiger partial charge in [-0.3, -0.25) is 19.9 Å². The monoisotopic (exact) mass is 418 g/mol. The number of benzene rings is 1. The first-order chi connectivity index (χ1) is 15.0. The van der Waals surface area contributed by atoms with Crippen LogP contribution in [0.1, 0.15) is 34.3 Å². The zero-order chi connectivity index (χ0) is 21.6. The Kier molecular flexibility index (Phi) is 4.43. The molecule has 0 bridgehead atoms. The quantitative estimate of drug-likeness (QED) is 0.747. The topological polar surface area (TPSA) is 91.4 Å². The summed E-state index contributed by atoms with van der Waals surface area (Å²) in [5, 5.41) is 5.06. The standard InChI is InChI=1S/C23H19FN4O3/c24-18-6-3-16-12-28(20(29)19(16)11-18)13-23(21(30)26-22(31)27-23)17-4-1-14(2-5-17)15-7-9-25-10-8-15/h1,3-4,6-11H,2,5,12-13H2,(H2,26,27,30,31)/t23-/m0/s1. The molecular formula is C23H19FN4O3. The summed E-state index contributed by atoms with van der Waals surface area (Å²) in [6.07, 6.45) is 8.45. The van der Waals surface area contributed by atoms with E-state index < -0.39 is 23.3 Å². The molecule has 5 rings (SSSR count). The average molecular weight is 418 g/mol. The SMILES string of the molecule is O=C1NC(=O)[C@](CN2Cc3ccc(F)cc3C2=O)(C2=CC=C(c3ccncc3)CC2)N1. The normalized spacial score (nSPS) is 22.6. The van der Waals surface area contributed by atoms with Gasteiger partial charge in [0.15, 0.2) is 5.54 Å². The highest BCUT2D eigenvalue weighted by atomic mass is 19.1. The number of carbonyl (C=O) groups is 3. The number of urea groups is 1. The molecule has 4 amide bonds. The molecule has 7 nitrogen and oxygen atoms in total. The van der Waals surface area contributed by atoms with Crippen molar-refractivity contribution in [3.05, 3.63) is 83.0 Å². The maximum atomic E-state index is 13.6. The van der Waals surface area contributed by atoms with Gasteiger partial charge in [-0.2, -0.15) is 0 Å². The van der Waals surface area contributed by atoms with E-state index in [2.05, 4.69) is 15.6 Å². The van der Waals surface area contributed by atoms with Crippen LogP contribution in [0.15, 0.2) is 60.5 Å². The van der Waals surface area contributed by atoms with Crippen LogP contribution in [0.5, 0.6) is 0 Å². The third-order valence-electron chi connectivity index (χ3n) is 6.07. The number of amides is 4. The highest BCUT2D eigenvalue weighted by Gasteiger charge is 2.51. The smallest absolute Gasteiger partial charge is 0.322 e. The fraction of sp³-hybridized carbons (Fsp3) is 0.217. The molecule has 0 radical (unpaired) electrons. The van der Waals surface area contributed by atoms with Gasteiger partial charge in [-0.1, -0.05) is 18.2 Å². The Hall–Kier alpha value is -3.81. The molecule has 0 unspecified atom stereocenters. The summed E-state index contributed by atoms with van der Waals surface area (Å²) in [5.41, 5.74) is 2.51. The molecule has 2 N–H and O–H groups in total. The Balaban J connectivity index is 1.47. The molecule has 31 heavy (non-hydrogen) atoms. The van der Waals surface area contributed by atoms with E-state index in [1.165, 1.54) is 17.0 Å². The van der Waals surface area contributed by atoms with Crippen molar-refractivity contribution in [3.63, 3.8) is 0 Å². The molecule has 2 aromatic rings. The number of nitrogens with one attached hydrogen (secondary N) is 2. The predicted molar refractivity (Wildman–Crippen MR) is 110 cm³/mol. The fourth-order valence-electron chi connectivity index (χ4n) is 4.48. The molecule has 2 aliphatic heterocycles. The van der Waals surface area contributed by atoms with Gasteiger partial charge < -0.3 is 10.2 Å². The maximum Gasteiger partial charge on any atom is 0.322 e. The molecule has 1 fully saturated rings. The largest absolute Gasteiger partial charge is 0.331 e. The van der Waals surface area contributed by atoms with Crippen molar-refractivity contribution in [2.75, 3.05) is 6.54 Å². The molecule has 3 heterocycles. The lowest BCUT2D eigenvalue weighted by atomic mass is 9.81. The van der Waals surface area contributed by atoms with Gasteiger partial charge in [-0.05, 0) is 59.4 Å². The van der Waals surface area contributed by atoms with Crippen LogP contribution in [0, 0.1) is 5.82 Å². The Morgan fingerprint density at radius 1 is 1.06 bits per heavy atom. The molecular weight excluding hydrogens is 399 g/mol. The second kappa shape index (κ2) is 7.16. The Morgan fingerprint density at radius 3 is 2.55 bits per heavy atom. The van der Waals surface area contributed by atoms with Crippen LogP contribution < -0.4 is 10.6 Å². The second-order valence-electron chi connectivity index (χ2n) is 7.90. The van der Waals surface area contributed by atoms with Crippen LogP contribution in [-0.4, -0.2) is 39.8 Å². The summed E-state index contributed by atoms with van der Waals surface area (Å²) in [6, 6.07) is 7.34. The third-order valence-corrected chi connectivity index (χ3v) is 6.07. The van der Waals surface area contributed by atoms with Crippen LogP contribution in [0.2, 0.25) is 0 Å². The Labute approximate surface area is 177 Å². The maximum absolute atomic E-state index is 13.6. The minimum atomic E-state index is -1.35. The van der Waals surface area contributed by atoms with E-state index in [9.17, 15) is 18.8 Å². The molecule has 1 aromatic carbocycles. The van der Waals surface area contributed by atoms with Gasteiger partial charge in [0.1, 0.15) is 5.82 Å². The van der Waals surface area contributed by atoms with Gasteiger partial charge in [0, 0.05) is 24.5 Å². The number of hydrogen-bond donors (Lipinski definition) is 2. The molecule has 0 spiro atoms. The lowest BCUT2D eigenvalue weighted by Crippen LogP contribution is -2.56. The van der Waals surface area contributed by atoms with Crippen LogP contribution in [0.4, 0.5) is 9.18 Å². The van der Waals surface area contributed by atoms with Crippen molar-refractivity contribution >= 4 is 23.4 Å². The van der Waals surface area contributed by atoms with E-state index in [0.717, 1.165) is 16.7 Å². The predicted octanol–water partition coefficient (Wildman–Crippen LogP) is 2.56. The van der Waals surface area contributed by atoms with Crippen LogP contribution in [-0.2, 0) is 11.3 Å². The fourth-order valence-corrected chi connectivity index (χ4v) is 4.48. The first kappa shape index (κ1) is 19.2. The molecule has 3 aliphatic rings. The van der Waals surface area contributed by atoms with Crippen LogP contribution >= 0.6 is 0 Å². The number of hydrogen-bond acceptors (Lipinski definition) is 4. The van der Waals surface area contributed by atoms with E-state index in [1.807, 2.05) is 24.3 Å². The van der Waals surface area contributed by atoms with Crippen molar-refractivity contribution in [2.24, 2.45) is 0 Å². The van der Waals surface area contributed by atoms with Crippen molar-refractivity contribution in [1.29, 1.82) is 0 Å². The summed E-state index contributed by atoms with van der Waals surface area (Å²) in [5.74, 6) is -1.33. The molecule has 1 aliphatic carbocycles. The first-order valence-corrected chi connectivity index (χ1v) is 9.98. The molecule has 1 atom stereocenters. The van der Waals surface area contributed by atoms with Crippen LogP contribution in [0.25, 0.3) is 5.57 Å². The lowest BCUT2D eigenvalue weighted by molar-refractivity contribution is -0.123. The van der Waals surface area contributed by atoms with Gasteiger partial charge in [0.2, 0.25) is 0 Å². The number of pyridine rings is 1. The van der Waals surface area contributed by atoms with Crippen molar-refractivity contribution in [1.82, 2.24) is 20.5 Å². The molecule has 0 saturated carbocycles. The summed E-state index contributed by atoms with van der Waals surface area (Å²) >= 11 is 0. The lowest BCUT2D eigenvalue weighted by Gasteiger charge is -2.34. The molecule has 1 aromatic heterocycles. The van der Waals surface area contributed by atoms with E-state index in [-0.39, 0.29) is 24.6 Å². The highest BCUT2D eigenvalue weighted by Crippen LogP contribution is 2.35. The first-order valence-electron chi connectivity index (χ1n) is 9.98. The summed E-state index contributed by atoms with van der Waals surface area (Å²) in [7, 11) is 0. The summed E-state index contributed by atoms with van der Waals surface area (Å²) in [4.78, 5) is 43.4. The van der Waals surface area contributed by atoms with Crippen molar-refractivity contribution in [2.45, 2.75) is 24.9 Å². The van der Waals surface area contributed by atoms with E-state index in [1.54, 1.807) is 18.5 Å². The average Bonchev–Trinajstić information content (AvgIpc) is 3.24. The van der Waals surface area contributed by atoms with Crippen LogP contribution in [0.3, 0.4) is 0 Å². The number of halogens is 1. The van der Waals surface area contributed by atoms with Gasteiger partial charge in [-0.25, -0.2) is 9.18 Å². The molecule has 1 saturated heterocycles. The Morgan fingerprint density at radius 2 is 1.87 bits per heavy atom. The number of rotatable bonds is 4. The Bertz CT molecular complexity index is 1170. The van der Waals surface area contributed by atoms with Crippen molar-refractivity contribution in [3.8, 4) is 0 Å². The molecule has 8 heteroatoms. The summed E-state index contributed by atoms with van der Waals surface area (Å²) in [6.45, 7) is 0.231. The van der Waals surface area contributed by atoms with E-state index in [0.29, 0.717) is 18.4 Å². The minimum absolute atomic E-state index is 0.0238. The number of fused-ring (bicyclic) bond motifs is 1. The number of allylic oxidation sites excluding steroid dienone is 3. The number of imide groups is 1. The molecule has 156 valence electrons. The van der Waals surface area contributed by atoms with Gasteiger partial charge in [-0.15, -0.1) is 0 Å². The number of nitrogens with zero attached hydrogens (tertiary/aromatic N) is 2. The van der Waals surface area contributed by atoms with Gasteiger partial charge in [0.05, 0.1) is 6.54 Å². The summed E-state index contributed by atoms with van der Waals surface area (Å²) < 4.78 is 13.6. The van der Waals surface area contributed by atoms with Crippen molar-refractivity contribution < 1.29 is 18.8 Å². The number of carbonyl (C=O) groups excluding carboxylic acids is 3. The van der Waals surface area contributed by atoms with Gasteiger partial charge >= 0.3 is 6.03 Å². The number of aromatic nitrogens is 1. The minimum Gasteiger partial charge on any atom is -0.331 e. The second-order valence-corrected chi connectivity index (χ2v) is 7.90. The zero-order valence-corrected chi connectivity index (χ0v) is 16.5. The van der Waals surface area contributed by atoms with Gasteiger partial charge in [0.25, 0.3) is 11.8 Å². The third kappa shape index (κ3) is 3.20. The highest BCUT2D eigenvalue weighted by molar-refractivity contribution is 6.10.